The second-order valence-electron chi connectivity index (χ2n) is 3.72. The molecule has 84 valence electrons. The molecule has 0 atom stereocenters. The van der Waals surface area contributed by atoms with Gasteiger partial charge in [-0.3, -0.25) is 0 Å². The van der Waals surface area contributed by atoms with Crippen LogP contribution in [-0.2, 0) is 0 Å². The SMILES string of the molecule is SCCC#Cc1cccc(-c2ccccc2)c1. The third-order valence-electron chi connectivity index (χ3n) is 2.44. The Morgan fingerprint density at radius 2 is 1.65 bits per heavy atom. The lowest BCUT2D eigenvalue weighted by atomic mass is 10.0. The average Bonchev–Trinajstić information content (AvgIpc) is 2.41. The fourth-order valence-corrected chi connectivity index (χ4v) is 1.74. The van der Waals surface area contributed by atoms with E-state index in [4.69, 9.17) is 0 Å². The van der Waals surface area contributed by atoms with Gasteiger partial charge in [-0.1, -0.05) is 54.3 Å². The predicted molar refractivity (Wildman–Crippen MR) is 77.2 cm³/mol. The summed E-state index contributed by atoms with van der Waals surface area (Å²) in [5.41, 5.74) is 3.50. The Morgan fingerprint density at radius 3 is 2.41 bits per heavy atom. The van der Waals surface area contributed by atoms with Gasteiger partial charge >= 0.3 is 0 Å². The molecule has 2 rings (SSSR count). The first-order valence-corrected chi connectivity index (χ1v) is 6.28. The summed E-state index contributed by atoms with van der Waals surface area (Å²) in [6, 6.07) is 18.7. The lowest BCUT2D eigenvalue weighted by Crippen LogP contribution is -1.79. The van der Waals surface area contributed by atoms with Gasteiger partial charge in [0.25, 0.3) is 0 Å². The Kier molecular flexibility index (Phi) is 4.30. The van der Waals surface area contributed by atoms with Crippen LogP contribution in [0.1, 0.15) is 12.0 Å². The highest BCUT2D eigenvalue weighted by molar-refractivity contribution is 7.80. The monoisotopic (exact) mass is 238 g/mol. The van der Waals surface area contributed by atoms with Crippen LogP contribution in [0.3, 0.4) is 0 Å². The molecule has 2 aromatic carbocycles. The highest BCUT2D eigenvalue weighted by Crippen LogP contribution is 2.19. The van der Waals surface area contributed by atoms with Crippen molar-refractivity contribution in [1.29, 1.82) is 0 Å². The van der Waals surface area contributed by atoms with Crippen molar-refractivity contribution in [3.63, 3.8) is 0 Å². The fraction of sp³-hybridized carbons (Fsp3) is 0.125. The third kappa shape index (κ3) is 3.41. The summed E-state index contributed by atoms with van der Waals surface area (Å²) >= 11 is 4.14. The molecule has 0 radical (unpaired) electrons. The zero-order chi connectivity index (χ0) is 11.9. The van der Waals surface area contributed by atoms with Gasteiger partial charge in [0.1, 0.15) is 0 Å². The smallest absolute Gasteiger partial charge is 0.0251 e. The minimum absolute atomic E-state index is 0.811. The van der Waals surface area contributed by atoms with Crippen LogP contribution in [0.4, 0.5) is 0 Å². The van der Waals surface area contributed by atoms with Crippen molar-refractivity contribution in [2.45, 2.75) is 6.42 Å². The lowest BCUT2D eigenvalue weighted by molar-refractivity contribution is 1.31. The minimum Gasteiger partial charge on any atom is -0.178 e. The Bertz CT molecular complexity index is 532. The predicted octanol–water partition coefficient (Wildman–Crippen LogP) is 4.03. The van der Waals surface area contributed by atoms with E-state index in [1.807, 2.05) is 18.2 Å². The van der Waals surface area contributed by atoms with Crippen LogP contribution in [0.15, 0.2) is 54.6 Å². The van der Waals surface area contributed by atoms with Crippen molar-refractivity contribution >= 4 is 12.6 Å². The molecule has 0 aliphatic rings. The van der Waals surface area contributed by atoms with E-state index in [-0.39, 0.29) is 0 Å². The minimum atomic E-state index is 0.811. The number of benzene rings is 2. The summed E-state index contributed by atoms with van der Waals surface area (Å²) in [5.74, 6) is 7.07. The first-order chi connectivity index (χ1) is 8.40. The molecule has 0 nitrogen and oxygen atoms in total. The summed E-state index contributed by atoms with van der Waals surface area (Å²) in [7, 11) is 0. The molecule has 0 aliphatic carbocycles. The molecule has 1 heteroatoms. The molecule has 0 aromatic heterocycles. The largest absolute Gasteiger partial charge is 0.178 e. The molecule has 2 aromatic rings. The molecule has 17 heavy (non-hydrogen) atoms. The van der Waals surface area contributed by atoms with Crippen LogP contribution in [0.2, 0.25) is 0 Å². The van der Waals surface area contributed by atoms with Gasteiger partial charge in [-0.25, -0.2) is 0 Å². The van der Waals surface area contributed by atoms with Crippen LogP contribution >= 0.6 is 12.6 Å². The molecular formula is C16H14S. The Hall–Kier alpha value is -1.65. The van der Waals surface area contributed by atoms with Gasteiger partial charge < -0.3 is 0 Å². The van der Waals surface area contributed by atoms with Gasteiger partial charge in [-0.2, -0.15) is 12.6 Å². The molecule has 0 amide bonds. The van der Waals surface area contributed by atoms with E-state index in [9.17, 15) is 0 Å². The zero-order valence-corrected chi connectivity index (χ0v) is 10.5. The first-order valence-electron chi connectivity index (χ1n) is 5.65. The lowest BCUT2D eigenvalue weighted by Gasteiger charge is -2.01. The highest BCUT2D eigenvalue weighted by Gasteiger charge is 1.96. The maximum absolute atomic E-state index is 4.14. The van der Waals surface area contributed by atoms with E-state index >= 15 is 0 Å². The van der Waals surface area contributed by atoms with E-state index in [0.29, 0.717) is 0 Å². The highest BCUT2D eigenvalue weighted by atomic mass is 32.1. The second-order valence-corrected chi connectivity index (χ2v) is 4.17. The van der Waals surface area contributed by atoms with Gasteiger partial charge in [0.05, 0.1) is 0 Å². The molecule has 0 bridgehead atoms. The van der Waals surface area contributed by atoms with Gasteiger partial charge in [-0.05, 0) is 23.3 Å². The quantitative estimate of drug-likeness (QED) is 0.593. The summed E-state index contributed by atoms with van der Waals surface area (Å²) in [6.45, 7) is 0. The van der Waals surface area contributed by atoms with Crippen LogP contribution < -0.4 is 0 Å². The first kappa shape index (κ1) is 11.8. The maximum Gasteiger partial charge on any atom is 0.0251 e. The van der Waals surface area contributed by atoms with Crippen LogP contribution in [-0.4, -0.2) is 5.75 Å². The zero-order valence-electron chi connectivity index (χ0n) is 9.56. The number of hydrogen-bond acceptors (Lipinski definition) is 1. The fourth-order valence-electron chi connectivity index (χ4n) is 1.63. The van der Waals surface area contributed by atoms with E-state index in [2.05, 4.69) is 60.9 Å². The molecule has 0 aliphatic heterocycles. The molecule has 0 fully saturated rings. The Labute approximate surface area is 108 Å². The van der Waals surface area contributed by atoms with Crippen LogP contribution in [0.5, 0.6) is 0 Å². The van der Waals surface area contributed by atoms with Crippen molar-refractivity contribution in [2.75, 3.05) is 5.75 Å². The van der Waals surface area contributed by atoms with E-state index < -0.39 is 0 Å². The summed E-state index contributed by atoms with van der Waals surface area (Å²) < 4.78 is 0. The summed E-state index contributed by atoms with van der Waals surface area (Å²) in [4.78, 5) is 0. The Balaban J connectivity index is 2.27. The molecule has 0 N–H and O–H groups in total. The van der Waals surface area contributed by atoms with Crippen LogP contribution in [0.25, 0.3) is 11.1 Å². The Morgan fingerprint density at radius 1 is 0.882 bits per heavy atom. The normalized spacial score (nSPS) is 9.47. The molecular weight excluding hydrogens is 224 g/mol. The van der Waals surface area contributed by atoms with E-state index in [0.717, 1.165) is 17.7 Å². The standard InChI is InChI=1S/C16H14S/c17-12-5-4-7-14-8-6-11-16(13-14)15-9-2-1-3-10-15/h1-3,6,8-11,13,17H,5,12H2. The van der Waals surface area contributed by atoms with Gasteiger partial charge in [0, 0.05) is 17.7 Å². The number of hydrogen-bond donors (Lipinski definition) is 1. The van der Waals surface area contributed by atoms with Crippen molar-refractivity contribution in [3.8, 4) is 23.0 Å². The molecule has 0 heterocycles. The average molecular weight is 238 g/mol. The van der Waals surface area contributed by atoms with Crippen LogP contribution in [0, 0.1) is 11.8 Å². The molecule has 0 spiro atoms. The van der Waals surface area contributed by atoms with Crippen molar-refractivity contribution in [3.05, 3.63) is 60.2 Å². The van der Waals surface area contributed by atoms with Gasteiger partial charge in [-0.15, -0.1) is 0 Å². The molecule has 0 saturated carbocycles. The molecule has 0 saturated heterocycles. The summed E-state index contributed by atoms with van der Waals surface area (Å²) in [5, 5.41) is 0. The van der Waals surface area contributed by atoms with Crippen molar-refractivity contribution in [2.24, 2.45) is 0 Å². The number of rotatable bonds is 2. The topological polar surface area (TPSA) is 0 Å². The third-order valence-corrected chi connectivity index (χ3v) is 2.66. The van der Waals surface area contributed by atoms with Gasteiger partial charge in [0.15, 0.2) is 0 Å². The van der Waals surface area contributed by atoms with Gasteiger partial charge in [0.2, 0.25) is 0 Å². The second kappa shape index (κ2) is 6.18. The van der Waals surface area contributed by atoms with E-state index in [1.54, 1.807) is 0 Å². The maximum atomic E-state index is 4.14. The number of thiol groups is 1. The molecule has 0 unspecified atom stereocenters. The summed E-state index contributed by atoms with van der Waals surface area (Å²) in [6.07, 6.45) is 0.832. The van der Waals surface area contributed by atoms with Crippen molar-refractivity contribution in [1.82, 2.24) is 0 Å². The van der Waals surface area contributed by atoms with Crippen molar-refractivity contribution < 1.29 is 0 Å². The van der Waals surface area contributed by atoms with E-state index in [1.165, 1.54) is 11.1 Å².